The van der Waals surface area contributed by atoms with Crippen LogP contribution in [0.5, 0.6) is 5.75 Å². The number of phenolic OH excluding ortho intramolecular Hbond substituents is 1. The van der Waals surface area contributed by atoms with E-state index in [0.717, 1.165) is 49.8 Å². The van der Waals surface area contributed by atoms with Crippen LogP contribution in [0.4, 0.5) is 0 Å². The van der Waals surface area contributed by atoms with Crippen molar-refractivity contribution in [1.29, 1.82) is 0 Å². The number of aromatic hydroxyl groups is 1. The summed E-state index contributed by atoms with van der Waals surface area (Å²) in [5.74, 6) is 0.514. The zero-order valence-electron chi connectivity index (χ0n) is 24.0. The van der Waals surface area contributed by atoms with E-state index in [9.17, 15) is 5.11 Å². The molecule has 0 spiro atoms. The van der Waals surface area contributed by atoms with Crippen molar-refractivity contribution in [1.82, 2.24) is 9.97 Å². The second kappa shape index (κ2) is 11.3. The number of fused-ring (bicyclic) bond motifs is 2. The molecule has 0 bridgehead atoms. The van der Waals surface area contributed by atoms with E-state index in [4.69, 9.17) is 14.4 Å². The van der Waals surface area contributed by atoms with Gasteiger partial charge in [0.15, 0.2) is 0 Å². The summed E-state index contributed by atoms with van der Waals surface area (Å²) >= 11 is 0. The first-order chi connectivity index (χ1) is 20.4. The summed E-state index contributed by atoms with van der Waals surface area (Å²) < 4.78 is 6.22. The molecule has 0 aliphatic carbocycles. The minimum atomic E-state index is -0.286. The number of benzene rings is 5. The van der Waals surface area contributed by atoms with Gasteiger partial charge in [0.05, 0.1) is 11.1 Å². The molecule has 1 N–H and O–H groups in total. The van der Waals surface area contributed by atoms with Crippen molar-refractivity contribution in [3.05, 3.63) is 138 Å². The molecule has 43 heavy (non-hydrogen) atoms. The number of hydrogen-bond donors (Lipinski definition) is 1. The Balaban J connectivity index is 0.00000329. The second-order valence-corrected chi connectivity index (χ2v) is 11.3. The predicted octanol–water partition coefficient (Wildman–Crippen LogP) is 9.51. The first-order valence-corrected chi connectivity index (χ1v) is 14.1. The molecule has 214 valence electrons. The zero-order chi connectivity index (χ0) is 28.8. The van der Waals surface area contributed by atoms with Gasteiger partial charge in [0.25, 0.3) is 0 Å². The van der Waals surface area contributed by atoms with Crippen LogP contribution in [0.2, 0.25) is 0 Å². The summed E-state index contributed by atoms with van der Waals surface area (Å²) in [4.78, 5) is 9.65. The average molecular weight is 741 g/mol. The molecule has 7 rings (SSSR count). The summed E-state index contributed by atoms with van der Waals surface area (Å²) in [5, 5.41) is 11.6. The largest absolute Gasteiger partial charge is 0.507 e. The number of rotatable bonds is 5. The van der Waals surface area contributed by atoms with Crippen molar-refractivity contribution in [3.8, 4) is 39.5 Å². The molecule has 0 unspecified atom stereocenters. The van der Waals surface area contributed by atoms with Crippen molar-refractivity contribution >= 4 is 22.0 Å². The van der Waals surface area contributed by atoms with Gasteiger partial charge in [0.2, 0.25) is 5.89 Å². The number of aryl methyl sites for hydroxylation is 1. The van der Waals surface area contributed by atoms with Gasteiger partial charge < -0.3 is 9.52 Å². The number of aromatic nitrogens is 2. The molecule has 2 heterocycles. The van der Waals surface area contributed by atoms with Gasteiger partial charge in [-0.2, -0.15) is 0 Å². The third-order valence-corrected chi connectivity index (χ3v) is 8.07. The summed E-state index contributed by atoms with van der Waals surface area (Å²) in [6, 6.07) is 40.3. The Morgan fingerprint density at radius 3 is 2.19 bits per heavy atom. The van der Waals surface area contributed by atoms with E-state index in [1.54, 1.807) is 12.1 Å². The standard InChI is InChI=1S/C38H29N2O2.Pt/c1-24-19-32(36-34(20-24)42-37(40-36)31-15-7-8-17-33(31)41)27-21-26(30-16-9-11-25-12-10-18-39-35(25)30)22-29(23-27)38(2,3)28-13-5-4-6-14-28;/h4-20,22-23,41H,1-3H3;/q-1;. The average Bonchev–Trinajstić information content (AvgIpc) is 3.44. The molecule has 0 radical (unpaired) electrons. The topological polar surface area (TPSA) is 59.2 Å². The minimum absolute atomic E-state index is 0. The Hall–Kier alpha value is -4.53. The molecular weight excluding hydrogens is 712 g/mol. The van der Waals surface area contributed by atoms with Gasteiger partial charge in [0, 0.05) is 38.2 Å². The monoisotopic (exact) mass is 740 g/mol. The quantitative estimate of drug-likeness (QED) is 0.179. The molecule has 0 atom stereocenters. The van der Waals surface area contributed by atoms with Crippen molar-refractivity contribution < 1.29 is 30.6 Å². The van der Waals surface area contributed by atoms with Crippen LogP contribution < -0.4 is 0 Å². The smallest absolute Gasteiger partial charge is 0.230 e. The van der Waals surface area contributed by atoms with Gasteiger partial charge >= 0.3 is 0 Å². The fraction of sp³-hybridized carbons (Fsp3) is 0.105. The SMILES string of the molecule is Cc1cc(-c2[c-]c(-c3cccc4cccnc34)cc(C(C)(C)c3ccccc3)c2)c2nc(-c3ccccc3O)oc2c1.[Pt]. The summed E-state index contributed by atoms with van der Waals surface area (Å²) in [5.41, 5.74) is 9.88. The van der Waals surface area contributed by atoms with Crippen molar-refractivity contribution in [3.63, 3.8) is 0 Å². The Labute approximate surface area is 265 Å². The molecule has 2 aromatic heterocycles. The zero-order valence-corrected chi connectivity index (χ0v) is 26.3. The van der Waals surface area contributed by atoms with Crippen LogP contribution in [-0.4, -0.2) is 15.1 Å². The second-order valence-electron chi connectivity index (χ2n) is 11.3. The summed E-state index contributed by atoms with van der Waals surface area (Å²) in [6.45, 7) is 6.56. The van der Waals surface area contributed by atoms with Crippen molar-refractivity contribution in [2.45, 2.75) is 26.2 Å². The maximum atomic E-state index is 10.5. The third-order valence-electron chi connectivity index (χ3n) is 8.07. The Kier molecular flexibility index (Phi) is 7.50. The van der Waals surface area contributed by atoms with E-state index in [-0.39, 0.29) is 32.2 Å². The first kappa shape index (κ1) is 28.6. The molecule has 0 fully saturated rings. The number of phenols is 1. The van der Waals surface area contributed by atoms with E-state index in [2.05, 4.69) is 93.6 Å². The van der Waals surface area contributed by atoms with E-state index in [1.165, 1.54) is 5.56 Å². The summed E-state index contributed by atoms with van der Waals surface area (Å²) in [7, 11) is 0. The predicted molar refractivity (Wildman–Crippen MR) is 169 cm³/mol. The maximum absolute atomic E-state index is 10.5. The van der Waals surface area contributed by atoms with Crippen LogP contribution >= 0.6 is 0 Å². The van der Waals surface area contributed by atoms with Gasteiger partial charge in [0.1, 0.15) is 11.3 Å². The number of nitrogens with zero attached hydrogens (tertiary/aromatic N) is 2. The molecular formula is C38H29N2O2Pt-. The molecule has 0 aliphatic rings. The maximum Gasteiger partial charge on any atom is 0.230 e. The third kappa shape index (κ3) is 5.17. The van der Waals surface area contributed by atoms with Gasteiger partial charge in [-0.25, -0.2) is 4.98 Å². The minimum Gasteiger partial charge on any atom is -0.507 e. The van der Waals surface area contributed by atoms with E-state index in [0.29, 0.717) is 17.0 Å². The van der Waals surface area contributed by atoms with E-state index >= 15 is 0 Å². The molecule has 0 saturated heterocycles. The normalized spacial score (nSPS) is 11.5. The summed E-state index contributed by atoms with van der Waals surface area (Å²) in [6.07, 6.45) is 1.84. The van der Waals surface area contributed by atoms with Crippen molar-refractivity contribution in [2.75, 3.05) is 0 Å². The van der Waals surface area contributed by atoms with E-state index in [1.807, 2.05) is 36.5 Å². The van der Waals surface area contributed by atoms with Gasteiger partial charge in [-0.15, -0.1) is 34.9 Å². The molecule has 0 aliphatic heterocycles. The van der Waals surface area contributed by atoms with Crippen LogP contribution in [0.3, 0.4) is 0 Å². The van der Waals surface area contributed by atoms with Crippen LogP contribution in [0, 0.1) is 13.0 Å². The molecule has 0 saturated carbocycles. The number of pyridine rings is 1. The molecule has 5 heteroatoms. The van der Waals surface area contributed by atoms with Crippen LogP contribution in [-0.2, 0) is 26.5 Å². The molecule has 0 amide bonds. The van der Waals surface area contributed by atoms with Crippen LogP contribution in [0.25, 0.3) is 55.7 Å². The van der Waals surface area contributed by atoms with Crippen molar-refractivity contribution in [2.24, 2.45) is 0 Å². The number of hydrogen-bond acceptors (Lipinski definition) is 4. The van der Waals surface area contributed by atoms with Gasteiger partial charge in [-0.1, -0.05) is 103 Å². The van der Waals surface area contributed by atoms with Crippen LogP contribution in [0.1, 0.15) is 30.5 Å². The fourth-order valence-electron chi connectivity index (χ4n) is 5.71. The number of oxazole rings is 1. The first-order valence-electron chi connectivity index (χ1n) is 14.1. The number of para-hydroxylation sites is 2. The van der Waals surface area contributed by atoms with E-state index < -0.39 is 0 Å². The fourth-order valence-corrected chi connectivity index (χ4v) is 5.71. The van der Waals surface area contributed by atoms with Gasteiger partial charge in [-0.3, -0.25) is 4.98 Å². The van der Waals surface area contributed by atoms with Crippen LogP contribution in [0.15, 0.2) is 120 Å². The Bertz CT molecular complexity index is 2090. The Morgan fingerprint density at radius 1 is 0.698 bits per heavy atom. The molecule has 4 nitrogen and oxygen atoms in total. The molecule has 7 aromatic rings. The molecule has 5 aromatic carbocycles. The van der Waals surface area contributed by atoms with Gasteiger partial charge in [-0.05, 0) is 42.1 Å². The Morgan fingerprint density at radius 2 is 1.40 bits per heavy atom.